The van der Waals surface area contributed by atoms with E-state index in [9.17, 15) is 4.79 Å². The summed E-state index contributed by atoms with van der Waals surface area (Å²) in [4.78, 5) is 26.5. The zero-order valence-corrected chi connectivity index (χ0v) is 14.7. The highest BCUT2D eigenvalue weighted by Gasteiger charge is 2.22. The van der Waals surface area contributed by atoms with Crippen molar-refractivity contribution in [2.24, 2.45) is 0 Å². The van der Waals surface area contributed by atoms with E-state index in [1.54, 1.807) is 12.4 Å². The maximum atomic E-state index is 12.4. The van der Waals surface area contributed by atoms with Crippen LogP contribution in [-0.2, 0) is 11.2 Å². The Morgan fingerprint density at radius 3 is 2.96 bits per heavy atom. The van der Waals surface area contributed by atoms with Crippen molar-refractivity contribution < 1.29 is 4.79 Å². The molecule has 0 spiro atoms. The van der Waals surface area contributed by atoms with Gasteiger partial charge < -0.3 is 15.2 Å². The highest BCUT2D eigenvalue weighted by atomic mass is 16.1. The molecule has 0 saturated carbocycles. The van der Waals surface area contributed by atoms with Gasteiger partial charge in [-0.25, -0.2) is 9.97 Å². The highest BCUT2D eigenvalue weighted by Crippen LogP contribution is 2.19. The van der Waals surface area contributed by atoms with Gasteiger partial charge >= 0.3 is 0 Å². The third-order valence-electron chi connectivity index (χ3n) is 4.92. The van der Waals surface area contributed by atoms with Crippen LogP contribution in [-0.4, -0.2) is 40.0 Å². The van der Waals surface area contributed by atoms with Gasteiger partial charge in [0.05, 0.1) is 0 Å². The van der Waals surface area contributed by atoms with Crippen molar-refractivity contribution in [2.75, 3.05) is 18.0 Å². The SMILES string of the molecule is O=C(CCc1c[nH]c2ccccc12)N[C@@H]1CCCN(c2ncccn2)C1. The molecule has 6 nitrogen and oxygen atoms in total. The first kappa shape index (κ1) is 16.6. The maximum absolute atomic E-state index is 12.4. The number of hydrogen-bond donors (Lipinski definition) is 2. The monoisotopic (exact) mass is 349 g/mol. The average Bonchev–Trinajstić information content (AvgIpc) is 3.10. The summed E-state index contributed by atoms with van der Waals surface area (Å²) in [6, 6.07) is 10.2. The molecule has 1 atom stereocenters. The number of hydrogen-bond acceptors (Lipinski definition) is 4. The molecule has 1 aliphatic rings. The molecule has 4 rings (SSSR count). The predicted octanol–water partition coefficient (Wildman–Crippen LogP) is 2.68. The van der Waals surface area contributed by atoms with Crippen molar-refractivity contribution in [3.8, 4) is 0 Å². The molecule has 3 aromatic rings. The van der Waals surface area contributed by atoms with Gasteiger partial charge in [0.25, 0.3) is 0 Å². The van der Waals surface area contributed by atoms with E-state index in [-0.39, 0.29) is 11.9 Å². The molecule has 2 N–H and O–H groups in total. The Hall–Kier alpha value is -2.89. The minimum Gasteiger partial charge on any atom is -0.361 e. The third kappa shape index (κ3) is 3.69. The Morgan fingerprint density at radius 2 is 2.08 bits per heavy atom. The van der Waals surface area contributed by atoms with Crippen LogP contribution in [0.5, 0.6) is 0 Å². The second-order valence-electron chi connectivity index (χ2n) is 6.76. The number of aromatic nitrogens is 3. The van der Waals surface area contributed by atoms with Crippen molar-refractivity contribution in [3.63, 3.8) is 0 Å². The van der Waals surface area contributed by atoms with Crippen molar-refractivity contribution in [1.82, 2.24) is 20.3 Å². The van der Waals surface area contributed by atoms with Crippen molar-refractivity contribution >= 4 is 22.8 Å². The lowest BCUT2D eigenvalue weighted by molar-refractivity contribution is -0.121. The molecular formula is C20H23N5O. The number of H-pyrrole nitrogens is 1. The molecule has 6 heteroatoms. The van der Waals surface area contributed by atoms with Crippen LogP contribution in [0.2, 0.25) is 0 Å². The number of carbonyl (C=O) groups is 1. The number of anilines is 1. The van der Waals surface area contributed by atoms with E-state index in [2.05, 4.69) is 37.3 Å². The molecule has 1 fully saturated rings. The van der Waals surface area contributed by atoms with Gasteiger partial charge in [-0.3, -0.25) is 4.79 Å². The first-order valence-corrected chi connectivity index (χ1v) is 9.16. The van der Waals surface area contributed by atoms with Crippen LogP contribution in [0.25, 0.3) is 10.9 Å². The summed E-state index contributed by atoms with van der Waals surface area (Å²) in [5.41, 5.74) is 2.31. The summed E-state index contributed by atoms with van der Waals surface area (Å²) in [7, 11) is 0. The summed E-state index contributed by atoms with van der Waals surface area (Å²) in [6.07, 6.45) is 8.80. The Morgan fingerprint density at radius 1 is 1.23 bits per heavy atom. The van der Waals surface area contributed by atoms with Gasteiger partial charge in [-0.15, -0.1) is 0 Å². The Labute approximate surface area is 152 Å². The fourth-order valence-electron chi connectivity index (χ4n) is 3.62. The van der Waals surface area contributed by atoms with Gasteiger partial charge in [0.2, 0.25) is 11.9 Å². The fraction of sp³-hybridized carbons (Fsp3) is 0.350. The molecule has 2 aromatic heterocycles. The highest BCUT2D eigenvalue weighted by molar-refractivity contribution is 5.84. The lowest BCUT2D eigenvalue weighted by Crippen LogP contribution is -2.48. The minimum atomic E-state index is 0.108. The van der Waals surface area contributed by atoms with Gasteiger partial charge in [-0.2, -0.15) is 0 Å². The fourth-order valence-corrected chi connectivity index (χ4v) is 3.62. The van der Waals surface area contributed by atoms with Crippen LogP contribution in [0.15, 0.2) is 48.9 Å². The normalized spacial score (nSPS) is 17.4. The Bertz CT molecular complexity index is 876. The van der Waals surface area contributed by atoms with Crippen LogP contribution in [0, 0.1) is 0 Å². The second kappa shape index (κ2) is 7.56. The molecule has 134 valence electrons. The third-order valence-corrected chi connectivity index (χ3v) is 4.92. The number of nitrogens with one attached hydrogen (secondary N) is 2. The van der Waals surface area contributed by atoms with E-state index in [1.165, 1.54) is 10.9 Å². The largest absolute Gasteiger partial charge is 0.361 e. The number of aromatic amines is 1. The summed E-state index contributed by atoms with van der Waals surface area (Å²) < 4.78 is 0. The van der Waals surface area contributed by atoms with E-state index in [4.69, 9.17) is 0 Å². The van der Waals surface area contributed by atoms with Crippen molar-refractivity contribution in [3.05, 3.63) is 54.5 Å². The van der Waals surface area contributed by atoms with Crippen LogP contribution in [0.1, 0.15) is 24.8 Å². The van der Waals surface area contributed by atoms with Crippen LogP contribution < -0.4 is 10.2 Å². The van der Waals surface area contributed by atoms with Gasteiger partial charge in [-0.1, -0.05) is 18.2 Å². The van der Waals surface area contributed by atoms with Gasteiger partial charge in [0, 0.05) is 55.0 Å². The van der Waals surface area contributed by atoms with E-state index in [1.807, 2.05) is 24.4 Å². The molecular weight excluding hydrogens is 326 g/mol. The molecule has 0 unspecified atom stereocenters. The number of nitrogens with zero attached hydrogens (tertiary/aromatic N) is 3. The molecule has 0 bridgehead atoms. The first-order chi connectivity index (χ1) is 12.8. The number of rotatable bonds is 5. The number of amides is 1. The molecule has 1 amide bonds. The average molecular weight is 349 g/mol. The second-order valence-corrected chi connectivity index (χ2v) is 6.76. The van der Waals surface area contributed by atoms with Crippen molar-refractivity contribution in [2.45, 2.75) is 31.7 Å². The van der Waals surface area contributed by atoms with E-state index >= 15 is 0 Å². The molecule has 1 aromatic carbocycles. The van der Waals surface area contributed by atoms with E-state index in [0.29, 0.717) is 6.42 Å². The lowest BCUT2D eigenvalue weighted by atomic mass is 10.0. The Kier molecular flexibility index (Phi) is 4.82. The smallest absolute Gasteiger partial charge is 0.225 e. The predicted molar refractivity (Wildman–Crippen MR) is 102 cm³/mol. The van der Waals surface area contributed by atoms with Gasteiger partial charge in [-0.05, 0) is 37.0 Å². The molecule has 1 saturated heterocycles. The topological polar surface area (TPSA) is 73.9 Å². The zero-order valence-electron chi connectivity index (χ0n) is 14.7. The van der Waals surface area contributed by atoms with Crippen molar-refractivity contribution in [1.29, 1.82) is 0 Å². The summed E-state index contributed by atoms with van der Waals surface area (Å²) in [6.45, 7) is 1.70. The van der Waals surface area contributed by atoms with Crippen LogP contribution >= 0.6 is 0 Å². The number of aryl methyl sites for hydroxylation is 1. The molecule has 26 heavy (non-hydrogen) atoms. The molecule has 1 aliphatic heterocycles. The number of carbonyl (C=O) groups excluding carboxylic acids is 1. The first-order valence-electron chi connectivity index (χ1n) is 9.16. The molecule has 0 radical (unpaired) electrons. The summed E-state index contributed by atoms with van der Waals surface area (Å²) in [5, 5.41) is 4.38. The number of para-hydroxylation sites is 1. The van der Waals surface area contributed by atoms with E-state index < -0.39 is 0 Å². The molecule has 0 aliphatic carbocycles. The summed E-state index contributed by atoms with van der Waals surface area (Å²) in [5.74, 6) is 0.848. The minimum absolute atomic E-state index is 0.108. The lowest BCUT2D eigenvalue weighted by Gasteiger charge is -2.33. The van der Waals surface area contributed by atoms with Gasteiger partial charge in [0.15, 0.2) is 0 Å². The van der Waals surface area contributed by atoms with Crippen LogP contribution in [0.4, 0.5) is 5.95 Å². The Balaban J connectivity index is 1.32. The van der Waals surface area contributed by atoms with Crippen LogP contribution in [0.3, 0.4) is 0 Å². The zero-order chi connectivity index (χ0) is 17.8. The summed E-state index contributed by atoms with van der Waals surface area (Å²) >= 11 is 0. The standard InChI is InChI=1S/C20H23N5O/c26-19(9-8-15-13-23-18-7-2-1-6-17(15)18)24-16-5-3-12-25(14-16)20-21-10-4-11-22-20/h1-2,4,6-7,10-11,13,16,23H,3,5,8-9,12,14H2,(H,24,26)/t16-/m1/s1. The van der Waals surface area contributed by atoms with E-state index in [0.717, 1.165) is 43.8 Å². The quantitative estimate of drug-likeness (QED) is 0.743. The molecule has 3 heterocycles. The number of fused-ring (bicyclic) bond motifs is 1. The van der Waals surface area contributed by atoms with Gasteiger partial charge in [0.1, 0.15) is 0 Å². The maximum Gasteiger partial charge on any atom is 0.225 e. The number of benzene rings is 1. The number of piperidine rings is 1.